The molecule has 2 rings (SSSR count). The average Bonchev–Trinajstić information content (AvgIpc) is 2.54. The molecule has 4 nitrogen and oxygen atoms in total. The lowest BCUT2D eigenvalue weighted by atomic mass is 10.2. The van der Waals surface area contributed by atoms with E-state index in [9.17, 15) is 4.79 Å². The molecule has 0 spiro atoms. The first-order valence-corrected chi connectivity index (χ1v) is 5.43. The Morgan fingerprint density at radius 3 is 2.20 bits per heavy atom. The van der Waals surface area contributed by atoms with Crippen LogP contribution in [-0.2, 0) is 9.47 Å². The second-order valence-electron chi connectivity index (χ2n) is 5.41. The Bertz CT molecular complexity index is 259. The van der Waals surface area contributed by atoms with Crippen LogP contribution in [0, 0.1) is 11.8 Å². The predicted octanol–water partition coefficient (Wildman–Crippen LogP) is 1.50. The summed E-state index contributed by atoms with van der Waals surface area (Å²) in [5, 5.41) is 0. The van der Waals surface area contributed by atoms with Crippen LogP contribution in [-0.4, -0.2) is 42.9 Å². The van der Waals surface area contributed by atoms with Gasteiger partial charge in [-0.2, -0.15) is 0 Å². The molecule has 1 saturated carbocycles. The van der Waals surface area contributed by atoms with E-state index in [0.717, 1.165) is 13.1 Å². The number of piperidine rings is 1. The van der Waals surface area contributed by atoms with Crippen LogP contribution in [0.25, 0.3) is 0 Å². The molecule has 2 fully saturated rings. The van der Waals surface area contributed by atoms with Crippen molar-refractivity contribution in [2.75, 3.05) is 20.2 Å². The van der Waals surface area contributed by atoms with E-state index in [2.05, 4.69) is 0 Å². The number of hydrogen-bond acceptors (Lipinski definition) is 3. The van der Waals surface area contributed by atoms with Crippen LogP contribution in [0.5, 0.6) is 0 Å². The fraction of sp³-hybridized carbons (Fsp3) is 0.909. The Balaban J connectivity index is 1.82. The molecule has 1 unspecified atom stereocenters. The van der Waals surface area contributed by atoms with E-state index >= 15 is 0 Å². The smallest absolute Gasteiger partial charge is 0.410 e. The highest BCUT2D eigenvalue weighted by atomic mass is 16.6. The molecule has 0 aromatic carbocycles. The second kappa shape index (κ2) is 3.37. The number of nitrogens with zero attached hydrogens (tertiary/aromatic N) is 1. The van der Waals surface area contributed by atoms with Crippen LogP contribution < -0.4 is 0 Å². The molecular weight excluding hydrogens is 194 g/mol. The van der Waals surface area contributed by atoms with Gasteiger partial charge in [0.25, 0.3) is 0 Å². The zero-order chi connectivity index (χ0) is 11.2. The largest absolute Gasteiger partial charge is 0.444 e. The highest BCUT2D eigenvalue weighted by molar-refractivity contribution is 5.69. The van der Waals surface area contributed by atoms with Crippen molar-refractivity contribution in [2.45, 2.75) is 32.5 Å². The highest BCUT2D eigenvalue weighted by Crippen LogP contribution is 2.47. The number of hydrogen-bond donors (Lipinski definition) is 0. The minimum atomic E-state index is -0.398. The first-order valence-electron chi connectivity index (χ1n) is 5.43. The van der Waals surface area contributed by atoms with E-state index in [1.54, 1.807) is 12.0 Å². The lowest BCUT2D eigenvalue weighted by molar-refractivity contribution is 0.0233. The minimum Gasteiger partial charge on any atom is -0.444 e. The highest BCUT2D eigenvalue weighted by Gasteiger charge is 2.57. The number of amides is 1. The quantitative estimate of drug-likeness (QED) is 0.662. The van der Waals surface area contributed by atoms with Crippen molar-refractivity contribution in [3.8, 4) is 0 Å². The van der Waals surface area contributed by atoms with E-state index in [1.165, 1.54) is 0 Å². The summed E-state index contributed by atoms with van der Waals surface area (Å²) in [4.78, 5) is 13.5. The minimum absolute atomic E-state index is 0.190. The van der Waals surface area contributed by atoms with Gasteiger partial charge in [-0.1, -0.05) is 0 Å². The van der Waals surface area contributed by atoms with E-state index in [-0.39, 0.29) is 6.09 Å². The van der Waals surface area contributed by atoms with Crippen molar-refractivity contribution in [3.63, 3.8) is 0 Å². The second-order valence-corrected chi connectivity index (χ2v) is 5.41. The third kappa shape index (κ3) is 2.09. The standard InChI is InChI=1S/C11H19NO3/c1-11(2,3)15-10(13)12-5-7-8(6-12)9(7)14-4/h7-9H,5-6H2,1-4H3/t7-,8+,9?. The van der Waals surface area contributed by atoms with Crippen molar-refractivity contribution < 1.29 is 14.3 Å². The molecule has 1 amide bonds. The fourth-order valence-corrected chi connectivity index (χ4v) is 2.30. The van der Waals surface area contributed by atoms with Crippen LogP contribution in [0.2, 0.25) is 0 Å². The summed E-state index contributed by atoms with van der Waals surface area (Å²) in [6.45, 7) is 7.25. The SMILES string of the molecule is COC1[C@H]2CN(C(=O)OC(C)(C)C)C[C@@H]12. The van der Waals surface area contributed by atoms with E-state index in [4.69, 9.17) is 9.47 Å². The lowest BCUT2D eigenvalue weighted by Crippen LogP contribution is -2.37. The van der Waals surface area contributed by atoms with Crippen LogP contribution in [0.4, 0.5) is 4.79 Å². The molecule has 1 aliphatic carbocycles. The van der Waals surface area contributed by atoms with Crippen molar-refractivity contribution in [2.24, 2.45) is 11.8 Å². The maximum absolute atomic E-state index is 11.7. The van der Waals surface area contributed by atoms with Gasteiger partial charge < -0.3 is 14.4 Å². The van der Waals surface area contributed by atoms with E-state index < -0.39 is 5.60 Å². The van der Waals surface area contributed by atoms with Gasteiger partial charge in [-0.25, -0.2) is 4.79 Å². The number of rotatable bonds is 1. The Labute approximate surface area is 90.5 Å². The topological polar surface area (TPSA) is 38.8 Å². The summed E-state index contributed by atoms with van der Waals surface area (Å²) in [5.41, 5.74) is -0.398. The van der Waals surface area contributed by atoms with Gasteiger partial charge in [0.15, 0.2) is 0 Å². The number of fused-ring (bicyclic) bond motifs is 1. The van der Waals surface area contributed by atoms with Crippen molar-refractivity contribution in [1.29, 1.82) is 0 Å². The number of ether oxygens (including phenoxy) is 2. The lowest BCUT2D eigenvalue weighted by Gasteiger charge is -2.25. The van der Waals surface area contributed by atoms with Gasteiger partial charge in [0, 0.05) is 32.0 Å². The first-order chi connectivity index (χ1) is 6.92. The molecule has 1 aliphatic heterocycles. The molecule has 1 heterocycles. The average molecular weight is 213 g/mol. The van der Waals surface area contributed by atoms with Gasteiger partial charge in [-0.3, -0.25) is 0 Å². The maximum atomic E-state index is 11.7. The molecule has 2 aliphatic rings. The Morgan fingerprint density at radius 1 is 1.27 bits per heavy atom. The molecule has 1 saturated heterocycles. The summed E-state index contributed by atoms with van der Waals surface area (Å²) in [6.07, 6.45) is 0.188. The summed E-state index contributed by atoms with van der Waals surface area (Å²) < 4.78 is 10.6. The van der Waals surface area contributed by atoms with Gasteiger partial charge >= 0.3 is 6.09 Å². The maximum Gasteiger partial charge on any atom is 0.410 e. The number of carbonyl (C=O) groups is 1. The zero-order valence-electron chi connectivity index (χ0n) is 9.82. The molecule has 0 N–H and O–H groups in total. The summed E-state index contributed by atoms with van der Waals surface area (Å²) in [7, 11) is 1.74. The van der Waals surface area contributed by atoms with E-state index in [0.29, 0.717) is 17.9 Å². The van der Waals surface area contributed by atoms with Crippen molar-refractivity contribution in [1.82, 2.24) is 4.90 Å². The zero-order valence-corrected chi connectivity index (χ0v) is 9.82. The van der Waals surface area contributed by atoms with Crippen molar-refractivity contribution >= 4 is 6.09 Å². The molecule has 4 heteroatoms. The number of methoxy groups -OCH3 is 1. The summed E-state index contributed by atoms with van der Waals surface area (Å²) >= 11 is 0. The molecule has 86 valence electrons. The molecule has 0 bridgehead atoms. The van der Waals surface area contributed by atoms with Gasteiger partial charge in [0.1, 0.15) is 5.60 Å². The molecular formula is C11H19NO3. The number of likely N-dealkylation sites (tertiary alicyclic amines) is 1. The predicted molar refractivity (Wildman–Crippen MR) is 55.6 cm³/mol. The molecule has 0 radical (unpaired) electrons. The molecule has 15 heavy (non-hydrogen) atoms. The van der Waals surface area contributed by atoms with Crippen LogP contribution in [0.3, 0.4) is 0 Å². The van der Waals surface area contributed by atoms with Gasteiger partial charge in [-0.05, 0) is 20.8 Å². The Hall–Kier alpha value is -0.770. The summed E-state index contributed by atoms with van der Waals surface area (Å²) in [5.74, 6) is 1.09. The first kappa shape index (κ1) is 10.7. The monoisotopic (exact) mass is 213 g/mol. The molecule has 0 aromatic rings. The van der Waals surface area contributed by atoms with Crippen molar-refractivity contribution in [3.05, 3.63) is 0 Å². The van der Waals surface area contributed by atoms with Gasteiger partial charge in [0.05, 0.1) is 6.10 Å². The van der Waals surface area contributed by atoms with Gasteiger partial charge in [-0.15, -0.1) is 0 Å². The van der Waals surface area contributed by atoms with E-state index in [1.807, 2.05) is 20.8 Å². The summed E-state index contributed by atoms with van der Waals surface area (Å²) in [6, 6.07) is 0. The molecule has 0 aromatic heterocycles. The fourth-order valence-electron chi connectivity index (χ4n) is 2.30. The van der Waals surface area contributed by atoms with Gasteiger partial charge in [0.2, 0.25) is 0 Å². The van der Waals surface area contributed by atoms with Crippen LogP contribution in [0.15, 0.2) is 0 Å². The van der Waals surface area contributed by atoms with Crippen LogP contribution in [0.1, 0.15) is 20.8 Å². The molecule has 3 atom stereocenters. The van der Waals surface area contributed by atoms with Crippen LogP contribution >= 0.6 is 0 Å². The Morgan fingerprint density at radius 2 is 1.80 bits per heavy atom. The third-order valence-electron chi connectivity index (χ3n) is 3.04. The third-order valence-corrected chi connectivity index (χ3v) is 3.04. The Kier molecular flexibility index (Phi) is 2.41. The number of carbonyl (C=O) groups excluding carboxylic acids is 1. The normalized spacial score (nSPS) is 33.9.